The molecule has 9 nitrogen and oxygen atoms in total. The summed E-state index contributed by atoms with van der Waals surface area (Å²) in [4.78, 5) is 28.4. The molecule has 0 bridgehead atoms. The predicted octanol–water partition coefficient (Wildman–Crippen LogP) is 1.07. The van der Waals surface area contributed by atoms with Crippen molar-refractivity contribution in [1.29, 1.82) is 0 Å². The molecular weight excluding hydrogens is 398 g/mol. The fourth-order valence-corrected chi connectivity index (χ4v) is 3.66. The molecule has 0 radical (unpaired) electrons. The number of nitrogens with one attached hydrogen (secondary N) is 1. The number of aromatic hydroxyl groups is 2. The molecule has 2 amide bonds. The second-order valence-electron chi connectivity index (χ2n) is 6.77. The quantitative estimate of drug-likeness (QED) is 0.680. The first kappa shape index (κ1) is 20.5. The SMILES string of the molecule is CS(=O)(=O)Nc1ccc(C(=O)N2CCN(C(=O)c3cc(O)cc(O)c3)CC2)cc1. The van der Waals surface area contributed by atoms with E-state index >= 15 is 0 Å². The van der Waals surface area contributed by atoms with Gasteiger partial charge in [0, 0.05) is 49.1 Å². The van der Waals surface area contributed by atoms with Gasteiger partial charge in [-0.1, -0.05) is 0 Å². The number of carbonyl (C=O) groups excluding carboxylic acids is 2. The predicted molar refractivity (Wildman–Crippen MR) is 106 cm³/mol. The maximum Gasteiger partial charge on any atom is 0.254 e. The van der Waals surface area contributed by atoms with Gasteiger partial charge < -0.3 is 20.0 Å². The largest absolute Gasteiger partial charge is 0.508 e. The van der Waals surface area contributed by atoms with E-state index in [-0.39, 0.29) is 28.9 Å². The van der Waals surface area contributed by atoms with Crippen LogP contribution in [0.4, 0.5) is 5.69 Å². The van der Waals surface area contributed by atoms with Gasteiger partial charge in [0.05, 0.1) is 6.26 Å². The molecule has 3 rings (SSSR count). The molecule has 0 unspecified atom stereocenters. The first-order chi connectivity index (χ1) is 13.6. The lowest BCUT2D eigenvalue weighted by atomic mass is 10.1. The van der Waals surface area contributed by atoms with E-state index in [1.807, 2.05) is 0 Å². The number of rotatable bonds is 4. The molecule has 3 N–H and O–H groups in total. The molecule has 1 heterocycles. The summed E-state index contributed by atoms with van der Waals surface area (Å²) in [5, 5.41) is 19.1. The average Bonchev–Trinajstić information content (AvgIpc) is 2.65. The number of anilines is 1. The minimum absolute atomic E-state index is 0.177. The zero-order chi connectivity index (χ0) is 21.2. The Morgan fingerprint density at radius 3 is 1.72 bits per heavy atom. The van der Waals surface area contributed by atoms with Gasteiger partial charge in [-0.05, 0) is 36.4 Å². The highest BCUT2D eigenvalue weighted by molar-refractivity contribution is 7.92. The van der Waals surface area contributed by atoms with Crippen LogP contribution in [0, 0.1) is 0 Å². The molecule has 1 aliphatic heterocycles. The van der Waals surface area contributed by atoms with Crippen LogP contribution in [0.2, 0.25) is 0 Å². The normalized spacial score (nSPS) is 14.5. The van der Waals surface area contributed by atoms with E-state index in [1.165, 1.54) is 24.3 Å². The maximum atomic E-state index is 12.6. The lowest BCUT2D eigenvalue weighted by molar-refractivity contribution is 0.0535. The molecule has 154 valence electrons. The second kappa shape index (κ2) is 8.00. The van der Waals surface area contributed by atoms with Crippen LogP contribution in [0.25, 0.3) is 0 Å². The summed E-state index contributed by atoms with van der Waals surface area (Å²) >= 11 is 0. The van der Waals surface area contributed by atoms with Crippen LogP contribution >= 0.6 is 0 Å². The number of amides is 2. The molecule has 2 aromatic rings. The van der Waals surface area contributed by atoms with Gasteiger partial charge in [-0.25, -0.2) is 8.42 Å². The van der Waals surface area contributed by atoms with Gasteiger partial charge in [0.25, 0.3) is 11.8 Å². The number of hydrogen-bond donors (Lipinski definition) is 3. The zero-order valence-corrected chi connectivity index (χ0v) is 16.5. The van der Waals surface area contributed by atoms with Crippen LogP contribution in [0.1, 0.15) is 20.7 Å². The van der Waals surface area contributed by atoms with Crippen molar-refractivity contribution in [2.24, 2.45) is 0 Å². The van der Waals surface area contributed by atoms with Crippen molar-refractivity contribution in [3.05, 3.63) is 53.6 Å². The fraction of sp³-hybridized carbons (Fsp3) is 0.263. The number of piperazine rings is 1. The van der Waals surface area contributed by atoms with Gasteiger partial charge in [-0.15, -0.1) is 0 Å². The molecule has 1 aliphatic rings. The summed E-state index contributed by atoms with van der Waals surface area (Å²) in [7, 11) is -3.39. The Kier molecular flexibility index (Phi) is 5.64. The van der Waals surface area contributed by atoms with Crippen molar-refractivity contribution in [2.75, 3.05) is 37.2 Å². The molecule has 0 atom stereocenters. The molecule has 0 aromatic heterocycles. The third-order valence-electron chi connectivity index (χ3n) is 4.44. The highest BCUT2D eigenvalue weighted by Gasteiger charge is 2.26. The summed E-state index contributed by atoms with van der Waals surface area (Å²) in [5.41, 5.74) is 0.965. The van der Waals surface area contributed by atoms with Crippen LogP contribution in [0.3, 0.4) is 0 Å². The van der Waals surface area contributed by atoms with Gasteiger partial charge in [-0.2, -0.15) is 0 Å². The van der Waals surface area contributed by atoms with Crippen molar-refractivity contribution >= 4 is 27.5 Å². The van der Waals surface area contributed by atoms with E-state index in [1.54, 1.807) is 21.9 Å². The van der Waals surface area contributed by atoms with Gasteiger partial charge in [-0.3, -0.25) is 14.3 Å². The van der Waals surface area contributed by atoms with Crippen molar-refractivity contribution in [2.45, 2.75) is 0 Å². The highest BCUT2D eigenvalue weighted by atomic mass is 32.2. The van der Waals surface area contributed by atoms with Crippen LogP contribution in [-0.2, 0) is 10.0 Å². The van der Waals surface area contributed by atoms with Crippen molar-refractivity contribution in [1.82, 2.24) is 9.80 Å². The zero-order valence-electron chi connectivity index (χ0n) is 15.7. The Labute approximate surface area is 168 Å². The smallest absolute Gasteiger partial charge is 0.254 e. The van der Waals surface area contributed by atoms with E-state index in [9.17, 15) is 28.2 Å². The summed E-state index contributed by atoms with van der Waals surface area (Å²) in [6.45, 7) is 1.29. The standard InChI is InChI=1S/C19H21N3O6S/c1-29(27,28)20-15-4-2-13(3-5-15)18(25)21-6-8-22(9-7-21)19(26)14-10-16(23)12-17(24)11-14/h2-5,10-12,20,23-24H,6-9H2,1H3. The van der Waals surface area contributed by atoms with E-state index in [0.29, 0.717) is 37.4 Å². The summed E-state index contributed by atoms with van der Waals surface area (Å²) in [5.74, 6) is -0.940. The molecule has 1 saturated heterocycles. The molecule has 10 heteroatoms. The highest BCUT2D eigenvalue weighted by Crippen LogP contribution is 2.22. The number of phenolic OH excluding ortho intramolecular Hbond substituents is 2. The van der Waals surface area contributed by atoms with Gasteiger partial charge >= 0.3 is 0 Å². The monoisotopic (exact) mass is 419 g/mol. The van der Waals surface area contributed by atoms with Crippen molar-refractivity contribution in [3.63, 3.8) is 0 Å². The van der Waals surface area contributed by atoms with Gasteiger partial charge in [0.2, 0.25) is 10.0 Å². The van der Waals surface area contributed by atoms with E-state index in [2.05, 4.69) is 4.72 Å². The number of carbonyl (C=O) groups is 2. The topological polar surface area (TPSA) is 127 Å². The lowest BCUT2D eigenvalue weighted by Crippen LogP contribution is -2.50. The first-order valence-electron chi connectivity index (χ1n) is 8.82. The second-order valence-corrected chi connectivity index (χ2v) is 8.52. The lowest BCUT2D eigenvalue weighted by Gasteiger charge is -2.35. The van der Waals surface area contributed by atoms with Crippen LogP contribution < -0.4 is 4.72 Å². The fourth-order valence-electron chi connectivity index (χ4n) is 3.09. The molecule has 1 fully saturated rings. The maximum absolute atomic E-state index is 12.6. The van der Waals surface area contributed by atoms with Gasteiger partial charge in [0.1, 0.15) is 11.5 Å². The number of hydrogen-bond acceptors (Lipinski definition) is 6. The van der Waals surface area contributed by atoms with Crippen molar-refractivity contribution < 1.29 is 28.2 Å². The Balaban J connectivity index is 1.61. The van der Waals surface area contributed by atoms with Crippen LogP contribution in [-0.4, -0.2) is 72.7 Å². The van der Waals surface area contributed by atoms with Gasteiger partial charge in [0.15, 0.2) is 0 Å². The molecule has 2 aromatic carbocycles. The molecular formula is C19H21N3O6S. The Bertz CT molecular complexity index is 1010. The van der Waals surface area contributed by atoms with Crippen LogP contribution in [0.5, 0.6) is 11.5 Å². The summed E-state index contributed by atoms with van der Waals surface area (Å²) < 4.78 is 24.8. The van der Waals surface area contributed by atoms with E-state index in [4.69, 9.17) is 0 Å². The third kappa shape index (κ3) is 5.17. The molecule has 0 saturated carbocycles. The third-order valence-corrected chi connectivity index (χ3v) is 5.05. The molecule has 0 aliphatic carbocycles. The Morgan fingerprint density at radius 2 is 1.28 bits per heavy atom. The number of phenols is 2. The van der Waals surface area contributed by atoms with E-state index in [0.717, 1.165) is 12.3 Å². The van der Waals surface area contributed by atoms with Crippen molar-refractivity contribution in [3.8, 4) is 11.5 Å². The first-order valence-corrected chi connectivity index (χ1v) is 10.7. The molecule has 0 spiro atoms. The summed E-state index contributed by atoms with van der Waals surface area (Å²) in [6.07, 6.45) is 1.05. The minimum Gasteiger partial charge on any atom is -0.508 e. The average molecular weight is 419 g/mol. The number of benzene rings is 2. The van der Waals surface area contributed by atoms with Crippen LogP contribution in [0.15, 0.2) is 42.5 Å². The Morgan fingerprint density at radius 1 is 0.828 bits per heavy atom. The summed E-state index contributed by atoms with van der Waals surface area (Å²) in [6, 6.07) is 9.83. The number of nitrogens with zero attached hydrogens (tertiary/aromatic N) is 2. The molecule has 29 heavy (non-hydrogen) atoms. The Hall–Kier alpha value is -3.27. The van der Waals surface area contributed by atoms with E-state index < -0.39 is 10.0 Å². The number of sulfonamides is 1. The minimum atomic E-state index is -3.39.